The molecule has 0 N–H and O–H groups in total. The van der Waals surface area contributed by atoms with Crippen LogP contribution in [0.4, 0.5) is 17.1 Å². The molecule has 9 aromatic carbocycles. The zero-order valence-electron chi connectivity index (χ0n) is 29.8. The van der Waals surface area contributed by atoms with E-state index < -0.39 is 0 Å². The van der Waals surface area contributed by atoms with Crippen LogP contribution in [-0.4, -0.2) is 0 Å². The lowest BCUT2D eigenvalue weighted by atomic mass is 9.93. The van der Waals surface area contributed by atoms with Gasteiger partial charge in [-0.15, -0.1) is 22.7 Å². The molecule has 1 nitrogen and oxygen atoms in total. The van der Waals surface area contributed by atoms with Gasteiger partial charge < -0.3 is 4.90 Å². The Balaban J connectivity index is 1.21. The Hall–Kier alpha value is -6.52. The molecular formula is C52H33NS2. The van der Waals surface area contributed by atoms with Gasteiger partial charge in [-0.3, -0.25) is 0 Å². The van der Waals surface area contributed by atoms with Crippen molar-refractivity contribution in [3.8, 4) is 33.4 Å². The molecule has 0 amide bonds. The second-order valence-electron chi connectivity index (χ2n) is 14.1. The lowest BCUT2D eigenvalue weighted by Gasteiger charge is -2.28. The molecule has 11 aromatic rings. The van der Waals surface area contributed by atoms with Gasteiger partial charge in [0, 0.05) is 47.0 Å². The molecule has 2 aromatic heterocycles. The normalized spacial score (nSPS) is 11.6. The first kappa shape index (κ1) is 32.0. The number of nitrogens with zero attached hydrogens (tertiary/aromatic N) is 1. The fourth-order valence-electron chi connectivity index (χ4n) is 8.27. The maximum atomic E-state index is 2.48. The van der Waals surface area contributed by atoms with E-state index in [-0.39, 0.29) is 0 Å². The van der Waals surface area contributed by atoms with Gasteiger partial charge in [0.2, 0.25) is 0 Å². The van der Waals surface area contributed by atoms with Crippen molar-refractivity contribution in [3.05, 3.63) is 200 Å². The number of fused-ring (bicyclic) bond motifs is 7. The van der Waals surface area contributed by atoms with Crippen LogP contribution in [0.2, 0.25) is 0 Å². The zero-order chi connectivity index (χ0) is 36.3. The number of thiophene rings is 2. The van der Waals surface area contributed by atoms with Crippen molar-refractivity contribution in [2.24, 2.45) is 0 Å². The number of anilines is 3. The minimum absolute atomic E-state index is 1.12. The molecule has 11 rings (SSSR count). The standard InChI is InChI=1S/C52H33NS2/c1-2-13-34(14-3-1)35-27-29-39(30-28-35)53(48-24-12-23-47-45-19-7-9-26-50(45)55-52(47)48)40-32-37(42-20-10-16-36-15-4-5-17-41(36)42)31-38(33-40)43-21-11-22-46-44-18-6-8-25-49(44)54-51(43)46/h1-33H. The summed E-state index contributed by atoms with van der Waals surface area (Å²) in [5.74, 6) is 0. The second kappa shape index (κ2) is 13.1. The molecule has 0 atom stereocenters. The molecular weight excluding hydrogens is 703 g/mol. The maximum Gasteiger partial charge on any atom is 0.0640 e. The van der Waals surface area contributed by atoms with Gasteiger partial charge >= 0.3 is 0 Å². The molecule has 3 heteroatoms. The SMILES string of the molecule is c1ccc(-c2ccc(N(c3cc(-c4cccc5ccccc45)cc(-c4cccc5c4sc4ccccc45)c3)c3cccc4c3sc3ccccc34)cc2)cc1. The predicted octanol–water partition coefficient (Wildman–Crippen LogP) is 16.0. The number of rotatable bonds is 6. The number of benzene rings is 9. The second-order valence-corrected chi connectivity index (χ2v) is 16.2. The van der Waals surface area contributed by atoms with Crippen molar-refractivity contribution < 1.29 is 0 Å². The van der Waals surface area contributed by atoms with Crippen LogP contribution in [0.1, 0.15) is 0 Å². The zero-order valence-corrected chi connectivity index (χ0v) is 31.4. The molecule has 0 spiro atoms. The first-order chi connectivity index (χ1) is 27.3. The lowest BCUT2D eigenvalue weighted by molar-refractivity contribution is 1.30. The summed E-state index contributed by atoms with van der Waals surface area (Å²) >= 11 is 3.76. The van der Waals surface area contributed by atoms with Gasteiger partial charge in [-0.1, -0.05) is 152 Å². The number of hydrogen-bond acceptors (Lipinski definition) is 3. The van der Waals surface area contributed by atoms with Crippen LogP contribution in [0.3, 0.4) is 0 Å². The van der Waals surface area contributed by atoms with E-state index in [1.807, 2.05) is 22.7 Å². The summed E-state index contributed by atoms with van der Waals surface area (Å²) < 4.78 is 5.20. The Bertz CT molecular complexity index is 3200. The van der Waals surface area contributed by atoms with E-state index in [0.717, 1.165) is 11.4 Å². The van der Waals surface area contributed by atoms with Crippen LogP contribution < -0.4 is 4.90 Å². The van der Waals surface area contributed by atoms with Gasteiger partial charge in [0.25, 0.3) is 0 Å². The maximum absolute atomic E-state index is 2.48. The molecule has 2 heterocycles. The van der Waals surface area contributed by atoms with E-state index in [9.17, 15) is 0 Å². The molecule has 0 bridgehead atoms. The van der Waals surface area contributed by atoms with Gasteiger partial charge in [0.05, 0.1) is 10.4 Å². The van der Waals surface area contributed by atoms with Crippen LogP contribution in [-0.2, 0) is 0 Å². The monoisotopic (exact) mass is 735 g/mol. The van der Waals surface area contributed by atoms with Crippen molar-refractivity contribution in [2.75, 3.05) is 4.90 Å². The van der Waals surface area contributed by atoms with Gasteiger partial charge in [-0.2, -0.15) is 0 Å². The van der Waals surface area contributed by atoms with Crippen molar-refractivity contribution in [3.63, 3.8) is 0 Å². The van der Waals surface area contributed by atoms with E-state index >= 15 is 0 Å². The largest absolute Gasteiger partial charge is 0.309 e. The summed E-state index contributed by atoms with van der Waals surface area (Å²) in [4.78, 5) is 2.48. The first-order valence-corrected chi connectivity index (χ1v) is 20.3. The highest BCUT2D eigenvalue weighted by Gasteiger charge is 2.21. The van der Waals surface area contributed by atoms with Crippen LogP contribution in [0.25, 0.3) is 84.5 Å². The molecule has 0 saturated heterocycles. The Kier molecular flexibility index (Phi) is 7.61. The summed E-state index contributed by atoms with van der Waals surface area (Å²) in [6, 6.07) is 73.5. The average molecular weight is 736 g/mol. The van der Waals surface area contributed by atoms with Crippen molar-refractivity contribution in [1.29, 1.82) is 0 Å². The molecule has 0 aliphatic rings. The van der Waals surface area contributed by atoms with Crippen LogP contribution in [0.15, 0.2) is 200 Å². The quantitative estimate of drug-likeness (QED) is 0.164. The number of hydrogen-bond donors (Lipinski definition) is 0. The predicted molar refractivity (Wildman–Crippen MR) is 241 cm³/mol. The van der Waals surface area contributed by atoms with Crippen LogP contribution in [0, 0.1) is 0 Å². The third-order valence-corrected chi connectivity index (χ3v) is 13.3. The van der Waals surface area contributed by atoms with Gasteiger partial charge in [0.15, 0.2) is 0 Å². The Morgan fingerprint density at radius 2 is 0.836 bits per heavy atom. The van der Waals surface area contributed by atoms with Crippen molar-refractivity contribution >= 4 is 90.9 Å². The summed E-state index contributed by atoms with van der Waals surface area (Å²) in [5, 5.41) is 7.68. The Morgan fingerprint density at radius 3 is 1.60 bits per heavy atom. The molecule has 0 fully saturated rings. The molecule has 0 aliphatic carbocycles. The fraction of sp³-hybridized carbons (Fsp3) is 0. The Morgan fingerprint density at radius 1 is 0.309 bits per heavy atom. The Labute approximate surface area is 327 Å². The van der Waals surface area contributed by atoms with Gasteiger partial charge in [0.1, 0.15) is 0 Å². The van der Waals surface area contributed by atoms with Gasteiger partial charge in [-0.05, 0) is 92.7 Å². The highest BCUT2D eigenvalue weighted by atomic mass is 32.1. The van der Waals surface area contributed by atoms with E-state index in [2.05, 4.69) is 205 Å². The minimum Gasteiger partial charge on any atom is -0.309 e. The van der Waals surface area contributed by atoms with Crippen molar-refractivity contribution in [1.82, 2.24) is 0 Å². The lowest BCUT2D eigenvalue weighted by Crippen LogP contribution is -2.10. The third-order valence-electron chi connectivity index (χ3n) is 10.8. The molecule has 0 radical (unpaired) electrons. The topological polar surface area (TPSA) is 3.24 Å². The molecule has 0 unspecified atom stereocenters. The molecule has 258 valence electrons. The summed E-state index contributed by atoms with van der Waals surface area (Å²) in [7, 11) is 0. The molecule has 0 saturated carbocycles. The summed E-state index contributed by atoms with van der Waals surface area (Å²) in [6.07, 6.45) is 0. The van der Waals surface area contributed by atoms with Gasteiger partial charge in [-0.25, -0.2) is 0 Å². The van der Waals surface area contributed by atoms with E-state index in [1.54, 1.807) is 0 Å². The highest BCUT2D eigenvalue weighted by Crippen LogP contribution is 2.48. The van der Waals surface area contributed by atoms with E-state index in [1.165, 1.54) is 90.2 Å². The van der Waals surface area contributed by atoms with E-state index in [4.69, 9.17) is 0 Å². The highest BCUT2D eigenvalue weighted by molar-refractivity contribution is 7.26. The minimum atomic E-state index is 1.12. The fourth-order valence-corrected chi connectivity index (χ4v) is 10.7. The molecule has 0 aliphatic heterocycles. The molecule has 55 heavy (non-hydrogen) atoms. The van der Waals surface area contributed by atoms with Crippen LogP contribution in [0.5, 0.6) is 0 Å². The summed E-state index contributed by atoms with van der Waals surface area (Å²) in [6.45, 7) is 0. The summed E-state index contributed by atoms with van der Waals surface area (Å²) in [5.41, 5.74) is 10.7. The first-order valence-electron chi connectivity index (χ1n) is 18.7. The average Bonchev–Trinajstić information content (AvgIpc) is 3.83. The van der Waals surface area contributed by atoms with Crippen LogP contribution >= 0.6 is 22.7 Å². The third kappa shape index (κ3) is 5.43. The van der Waals surface area contributed by atoms with E-state index in [0.29, 0.717) is 0 Å². The van der Waals surface area contributed by atoms with Crippen molar-refractivity contribution in [2.45, 2.75) is 0 Å². The smallest absolute Gasteiger partial charge is 0.0640 e.